The van der Waals surface area contributed by atoms with Crippen molar-refractivity contribution in [2.24, 2.45) is 0 Å². The van der Waals surface area contributed by atoms with Gasteiger partial charge in [0.2, 0.25) is 0 Å². The van der Waals surface area contributed by atoms with Crippen LogP contribution in [-0.4, -0.2) is 18.6 Å². The first-order chi connectivity index (χ1) is 3.83. The van der Waals surface area contributed by atoms with Crippen molar-refractivity contribution in [3.8, 4) is 0 Å². The molecule has 0 radical (unpaired) electrons. The molecule has 0 unspecified atom stereocenters. The Morgan fingerprint density at radius 1 is 1.88 bits per heavy atom. The van der Waals surface area contributed by atoms with Crippen LogP contribution in [0.25, 0.3) is 0 Å². The molecule has 0 aliphatic carbocycles. The van der Waals surface area contributed by atoms with Gasteiger partial charge in [-0.1, -0.05) is 11.8 Å². The zero-order chi connectivity index (χ0) is 5.98. The Hall–Kier alpha value is -0.440. The molecule has 0 aromatic heterocycles. The molecule has 1 heterocycles. The third-order valence-electron chi connectivity index (χ3n) is 0.837. The van der Waals surface area contributed by atoms with E-state index in [0.29, 0.717) is 5.75 Å². The minimum Gasteiger partial charge on any atom is -0.490 e. The number of carbonyl (C=O) groups excluding carboxylic acids is 1. The third-order valence-corrected chi connectivity index (χ3v) is 1.83. The van der Waals surface area contributed by atoms with Crippen molar-refractivity contribution >= 4 is 17.5 Å². The fraction of sp³-hybridized carbons (Fsp3) is 0.400. The molecule has 0 N–H and O–H groups in total. The van der Waals surface area contributed by atoms with Gasteiger partial charge >= 0.3 is 0 Å². The Labute approximate surface area is 51.9 Å². The van der Waals surface area contributed by atoms with Gasteiger partial charge in [0.15, 0.2) is 10.9 Å². The summed E-state index contributed by atoms with van der Waals surface area (Å²) in [5, 5.41) is 0.731. The lowest BCUT2D eigenvalue weighted by molar-refractivity contribution is -0.112. The molecule has 3 heteroatoms. The van der Waals surface area contributed by atoms with Gasteiger partial charge in [-0.2, -0.15) is 0 Å². The Balaban J connectivity index is 2.57. The third kappa shape index (κ3) is 1.04. The second-order valence-corrected chi connectivity index (χ2v) is 2.40. The van der Waals surface area contributed by atoms with Gasteiger partial charge in [-0.05, 0) is 0 Å². The summed E-state index contributed by atoms with van der Waals surface area (Å²) in [6.45, 7) is 0. The van der Waals surface area contributed by atoms with Crippen molar-refractivity contribution in [2.75, 3.05) is 12.9 Å². The summed E-state index contributed by atoms with van der Waals surface area (Å²) in [7, 11) is 1.57. The number of hydrogen-bond donors (Lipinski definition) is 0. The summed E-state index contributed by atoms with van der Waals surface area (Å²) in [6.07, 6.45) is 1.52. The molecule has 0 spiro atoms. The second kappa shape index (κ2) is 2.22. The Morgan fingerprint density at radius 2 is 2.62 bits per heavy atom. The summed E-state index contributed by atoms with van der Waals surface area (Å²) >= 11 is 1.44. The van der Waals surface area contributed by atoms with Crippen LogP contribution in [-0.2, 0) is 9.53 Å². The van der Waals surface area contributed by atoms with Crippen LogP contribution in [0.15, 0.2) is 11.2 Å². The standard InChI is InChI=1S/C5H6O2S/c1-7-5-2-4(6)3-8-5/h2H,3H2,1H3. The molecule has 0 fully saturated rings. The first-order valence-corrected chi connectivity index (χ1v) is 3.23. The van der Waals surface area contributed by atoms with Crippen molar-refractivity contribution in [3.63, 3.8) is 0 Å². The lowest BCUT2D eigenvalue weighted by Gasteiger charge is -1.92. The van der Waals surface area contributed by atoms with Crippen LogP contribution in [0.3, 0.4) is 0 Å². The van der Waals surface area contributed by atoms with Crippen molar-refractivity contribution < 1.29 is 9.53 Å². The van der Waals surface area contributed by atoms with Crippen LogP contribution >= 0.6 is 11.8 Å². The quantitative estimate of drug-likeness (QED) is 0.525. The van der Waals surface area contributed by atoms with Crippen LogP contribution in [0.2, 0.25) is 0 Å². The summed E-state index contributed by atoms with van der Waals surface area (Å²) in [5.74, 6) is 0.690. The molecule has 0 saturated heterocycles. The smallest absolute Gasteiger partial charge is 0.170 e. The van der Waals surface area contributed by atoms with E-state index >= 15 is 0 Å². The second-order valence-electron chi connectivity index (χ2n) is 1.42. The molecule has 1 aliphatic heterocycles. The minimum atomic E-state index is 0.145. The van der Waals surface area contributed by atoms with Gasteiger partial charge in [0, 0.05) is 6.08 Å². The number of methoxy groups -OCH3 is 1. The van der Waals surface area contributed by atoms with E-state index in [1.807, 2.05) is 0 Å². The van der Waals surface area contributed by atoms with Crippen LogP contribution in [0.1, 0.15) is 0 Å². The van der Waals surface area contributed by atoms with Crippen molar-refractivity contribution in [1.82, 2.24) is 0 Å². The van der Waals surface area contributed by atoms with E-state index in [0.717, 1.165) is 5.09 Å². The number of carbonyl (C=O) groups is 1. The minimum absolute atomic E-state index is 0.145. The zero-order valence-electron chi connectivity index (χ0n) is 4.51. The molecular formula is C5H6O2S. The molecule has 2 nitrogen and oxygen atoms in total. The molecule has 0 aromatic rings. The predicted molar refractivity (Wildman–Crippen MR) is 32.6 cm³/mol. The average molecular weight is 130 g/mol. The molecule has 1 rings (SSSR count). The molecule has 0 aromatic carbocycles. The number of ether oxygens (including phenoxy) is 1. The van der Waals surface area contributed by atoms with Gasteiger partial charge in [-0.15, -0.1) is 0 Å². The molecule has 0 atom stereocenters. The number of allylic oxidation sites excluding steroid dienone is 1. The van der Waals surface area contributed by atoms with Crippen molar-refractivity contribution in [1.29, 1.82) is 0 Å². The highest BCUT2D eigenvalue weighted by Gasteiger charge is 2.11. The topological polar surface area (TPSA) is 26.3 Å². The predicted octanol–water partition coefficient (Wildman–Crippen LogP) is 0.790. The van der Waals surface area contributed by atoms with Crippen LogP contribution < -0.4 is 0 Å². The van der Waals surface area contributed by atoms with E-state index in [9.17, 15) is 4.79 Å². The normalized spacial score (nSPS) is 18.6. The molecule has 44 valence electrons. The molecular weight excluding hydrogens is 124 g/mol. The average Bonchev–Trinajstić information content (AvgIpc) is 2.14. The van der Waals surface area contributed by atoms with E-state index in [1.165, 1.54) is 17.8 Å². The Morgan fingerprint density at radius 3 is 2.88 bits per heavy atom. The van der Waals surface area contributed by atoms with E-state index in [4.69, 9.17) is 4.74 Å². The largest absolute Gasteiger partial charge is 0.490 e. The van der Waals surface area contributed by atoms with Gasteiger partial charge < -0.3 is 4.74 Å². The molecule has 8 heavy (non-hydrogen) atoms. The Bertz CT molecular complexity index is 139. The maximum atomic E-state index is 10.4. The molecule has 0 amide bonds. The SMILES string of the molecule is COC1=CC(=O)CS1. The Kier molecular flexibility index (Phi) is 1.58. The van der Waals surface area contributed by atoms with E-state index in [1.54, 1.807) is 7.11 Å². The van der Waals surface area contributed by atoms with Gasteiger partial charge in [0.05, 0.1) is 12.9 Å². The zero-order valence-corrected chi connectivity index (χ0v) is 5.33. The summed E-state index contributed by atoms with van der Waals surface area (Å²) in [4.78, 5) is 10.4. The first kappa shape index (κ1) is 5.69. The fourth-order valence-corrected chi connectivity index (χ4v) is 1.18. The first-order valence-electron chi connectivity index (χ1n) is 2.24. The van der Waals surface area contributed by atoms with E-state index in [-0.39, 0.29) is 5.78 Å². The van der Waals surface area contributed by atoms with E-state index < -0.39 is 0 Å². The maximum Gasteiger partial charge on any atom is 0.170 e. The van der Waals surface area contributed by atoms with Crippen molar-refractivity contribution in [2.45, 2.75) is 0 Å². The lowest BCUT2D eigenvalue weighted by atomic mass is 10.4. The number of rotatable bonds is 1. The fourth-order valence-electron chi connectivity index (χ4n) is 0.475. The van der Waals surface area contributed by atoms with E-state index in [2.05, 4.69) is 0 Å². The molecule has 0 saturated carbocycles. The maximum absolute atomic E-state index is 10.4. The summed E-state index contributed by atoms with van der Waals surface area (Å²) in [5.41, 5.74) is 0. The number of hydrogen-bond acceptors (Lipinski definition) is 3. The highest BCUT2D eigenvalue weighted by atomic mass is 32.2. The lowest BCUT2D eigenvalue weighted by Crippen LogP contribution is -1.86. The molecule has 1 aliphatic rings. The van der Waals surface area contributed by atoms with Crippen LogP contribution in [0.4, 0.5) is 0 Å². The number of ketones is 1. The summed E-state index contributed by atoms with van der Waals surface area (Å²) < 4.78 is 4.78. The number of thioether (sulfide) groups is 1. The van der Waals surface area contributed by atoms with Crippen LogP contribution in [0, 0.1) is 0 Å². The van der Waals surface area contributed by atoms with Gasteiger partial charge in [0.1, 0.15) is 0 Å². The monoisotopic (exact) mass is 130 g/mol. The van der Waals surface area contributed by atoms with Crippen molar-refractivity contribution in [3.05, 3.63) is 11.2 Å². The highest BCUT2D eigenvalue weighted by Crippen LogP contribution is 2.21. The summed E-state index contributed by atoms with van der Waals surface area (Å²) in [6, 6.07) is 0. The van der Waals surface area contributed by atoms with Gasteiger partial charge in [0.25, 0.3) is 0 Å². The van der Waals surface area contributed by atoms with Gasteiger partial charge in [-0.25, -0.2) is 0 Å². The molecule has 0 bridgehead atoms. The van der Waals surface area contributed by atoms with Crippen LogP contribution in [0.5, 0.6) is 0 Å². The highest BCUT2D eigenvalue weighted by molar-refractivity contribution is 8.04. The van der Waals surface area contributed by atoms with Gasteiger partial charge in [-0.3, -0.25) is 4.79 Å².